The predicted octanol–water partition coefficient (Wildman–Crippen LogP) is 6.04. The van der Waals surface area contributed by atoms with Crippen molar-refractivity contribution in [1.29, 1.82) is 0 Å². The summed E-state index contributed by atoms with van der Waals surface area (Å²) in [6, 6.07) is 9.13. The third-order valence-corrected chi connectivity index (χ3v) is 4.83. The van der Waals surface area contributed by atoms with Gasteiger partial charge in [0.15, 0.2) is 0 Å². The normalized spacial score (nSPS) is 12.8. The van der Waals surface area contributed by atoms with Gasteiger partial charge < -0.3 is 0 Å². The van der Waals surface area contributed by atoms with E-state index in [2.05, 4.69) is 0 Å². The lowest BCUT2D eigenvalue weighted by Crippen LogP contribution is -1.91. The molecule has 0 aliphatic heterocycles. The van der Waals surface area contributed by atoms with Crippen molar-refractivity contribution >= 4 is 57.7 Å². The molecule has 1 aromatic carbocycles. The second-order valence-electron chi connectivity index (χ2n) is 3.15. The predicted molar refractivity (Wildman–Crippen MR) is 73.5 cm³/mol. The fourth-order valence-corrected chi connectivity index (χ4v) is 3.25. The molecule has 0 aliphatic rings. The first-order valence-electron chi connectivity index (χ1n) is 4.43. The van der Waals surface area contributed by atoms with E-state index in [1.165, 1.54) is 11.3 Å². The Hall–Kier alpha value is 0.0800. The highest BCUT2D eigenvalue weighted by Crippen LogP contribution is 2.40. The summed E-state index contributed by atoms with van der Waals surface area (Å²) in [6.45, 7) is 0. The van der Waals surface area contributed by atoms with E-state index in [0.717, 1.165) is 10.4 Å². The van der Waals surface area contributed by atoms with Crippen LogP contribution in [0, 0.1) is 0 Å². The zero-order chi connectivity index (χ0) is 11.7. The fraction of sp³-hybridized carbons (Fsp3) is 0.0909. The summed E-state index contributed by atoms with van der Waals surface area (Å²) in [6.07, 6.45) is 0. The average molecular weight is 312 g/mol. The van der Waals surface area contributed by atoms with Crippen molar-refractivity contribution in [1.82, 2.24) is 0 Å². The van der Waals surface area contributed by atoms with Crippen LogP contribution in [0.2, 0.25) is 14.4 Å². The topological polar surface area (TPSA) is 0 Å². The molecule has 0 bridgehead atoms. The molecule has 1 heterocycles. The van der Waals surface area contributed by atoms with Crippen molar-refractivity contribution in [3.63, 3.8) is 0 Å². The average Bonchev–Trinajstić information content (AvgIpc) is 2.68. The maximum Gasteiger partial charge on any atom is 0.0943 e. The van der Waals surface area contributed by atoms with E-state index in [9.17, 15) is 0 Å². The number of halogens is 4. The van der Waals surface area contributed by atoms with Gasteiger partial charge in [0.25, 0.3) is 0 Å². The SMILES string of the molecule is Clc1ccc(C(Cl)c2cccc(Cl)c2Cl)s1. The number of hydrogen-bond acceptors (Lipinski definition) is 1. The Morgan fingerprint density at radius 3 is 2.38 bits per heavy atom. The number of hydrogen-bond donors (Lipinski definition) is 0. The molecule has 1 aromatic heterocycles. The molecule has 0 nitrogen and oxygen atoms in total. The number of rotatable bonds is 2. The van der Waals surface area contributed by atoms with E-state index >= 15 is 0 Å². The summed E-state index contributed by atoms with van der Waals surface area (Å²) in [5, 5.41) is 0.685. The highest BCUT2D eigenvalue weighted by atomic mass is 35.5. The van der Waals surface area contributed by atoms with E-state index in [1.54, 1.807) is 6.07 Å². The van der Waals surface area contributed by atoms with Crippen molar-refractivity contribution in [2.45, 2.75) is 5.38 Å². The lowest BCUT2D eigenvalue weighted by Gasteiger charge is -2.10. The fourth-order valence-electron chi connectivity index (χ4n) is 1.33. The summed E-state index contributed by atoms with van der Waals surface area (Å²) in [5.41, 5.74) is 0.800. The molecule has 0 fully saturated rings. The second kappa shape index (κ2) is 5.16. The molecule has 0 amide bonds. The third kappa shape index (κ3) is 2.49. The Bertz CT molecular complexity index is 506. The molecule has 1 unspecified atom stereocenters. The monoisotopic (exact) mass is 310 g/mol. The largest absolute Gasteiger partial charge is 0.127 e. The van der Waals surface area contributed by atoms with Gasteiger partial charge in [-0.1, -0.05) is 46.9 Å². The Morgan fingerprint density at radius 2 is 1.75 bits per heavy atom. The molecule has 84 valence electrons. The van der Waals surface area contributed by atoms with E-state index in [-0.39, 0.29) is 5.38 Å². The molecule has 0 N–H and O–H groups in total. The summed E-state index contributed by atoms with van der Waals surface area (Å²) in [7, 11) is 0. The molecule has 0 aliphatic carbocycles. The van der Waals surface area contributed by atoms with Crippen molar-refractivity contribution < 1.29 is 0 Å². The Kier molecular flexibility index (Phi) is 4.04. The molecule has 0 spiro atoms. The molecule has 5 heteroatoms. The Balaban J connectivity index is 2.41. The molecule has 2 aromatic rings. The minimum Gasteiger partial charge on any atom is -0.127 e. The van der Waals surface area contributed by atoms with Gasteiger partial charge in [-0.2, -0.15) is 0 Å². The van der Waals surface area contributed by atoms with Gasteiger partial charge >= 0.3 is 0 Å². The first kappa shape index (κ1) is 12.5. The molecule has 16 heavy (non-hydrogen) atoms. The van der Waals surface area contributed by atoms with Crippen LogP contribution >= 0.6 is 57.7 Å². The first-order valence-corrected chi connectivity index (χ1v) is 6.81. The quantitative estimate of drug-likeness (QED) is 0.593. The van der Waals surface area contributed by atoms with Crippen molar-refractivity contribution in [3.05, 3.63) is 55.2 Å². The standard InChI is InChI=1S/C11H6Cl4S/c12-7-3-1-2-6(10(7)14)11(15)8-4-5-9(13)16-8/h1-5,11H. The van der Waals surface area contributed by atoms with E-state index in [1.807, 2.05) is 24.3 Å². The van der Waals surface area contributed by atoms with Crippen LogP contribution in [-0.2, 0) is 0 Å². The first-order chi connectivity index (χ1) is 7.59. The molecular weight excluding hydrogens is 306 g/mol. The smallest absolute Gasteiger partial charge is 0.0943 e. The van der Waals surface area contributed by atoms with Crippen LogP contribution in [0.25, 0.3) is 0 Å². The minimum atomic E-state index is -0.316. The zero-order valence-corrected chi connectivity index (χ0v) is 11.7. The van der Waals surface area contributed by atoms with E-state index < -0.39 is 0 Å². The van der Waals surface area contributed by atoms with Crippen LogP contribution in [0.5, 0.6) is 0 Å². The molecule has 0 saturated carbocycles. The lowest BCUT2D eigenvalue weighted by molar-refractivity contribution is 1.18. The van der Waals surface area contributed by atoms with Crippen LogP contribution in [0.15, 0.2) is 30.3 Å². The van der Waals surface area contributed by atoms with Crippen LogP contribution < -0.4 is 0 Å². The lowest BCUT2D eigenvalue weighted by atomic mass is 10.1. The van der Waals surface area contributed by atoms with Crippen LogP contribution in [0.1, 0.15) is 15.8 Å². The Labute approximate surface area is 118 Å². The number of benzene rings is 1. The van der Waals surface area contributed by atoms with Gasteiger partial charge in [-0.15, -0.1) is 22.9 Å². The maximum atomic E-state index is 6.33. The summed E-state index contributed by atoms with van der Waals surface area (Å²) < 4.78 is 0.707. The van der Waals surface area contributed by atoms with Crippen molar-refractivity contribution in [3.8, 4) is 0 Å². The van der Waals surface area contributed by atoms with E-state index in [4.69, 9.17) is 46.4 Å². The zero-order valence-electron chi connectivity index (χ0n) is 7.88. The molecule has 1 atom stereocenters. The third-order valence-electron chi connectivity index (χ3n) is 2.10. The van der Waals surface area contributed by atoms with Crippen molar-refractivity contribution in [2.75, 3.05) is 0 Å². The van der Waals surface area contributed by atoms with Crippen molar-refractivity contribution in [2.24, 2.45) is 0 Å². The van der Waals surface area contributed by atoms with Gasteiger partial charge in [-0.25, -0.2) is 0 Å². The highest BCUT2D eigenvalue weighted by molar-refractivity contribution is 7.16. The van der Waals surface area contributed by atoms with Gasteiger partial charge in [0.1, 0.15) is 0 Å². The molecule has 0 radical (unpaired) electrons. The molecular formula is C11H6Cl4S. The van der Waals surface area contributed by atoms with Gasteiger partial charge in [0.05, 0.1) is 19.8 Å². The van der Waals surface area contributed by atoms with Crippen LogP contribution in [-0.4, -0.2) is 0 Å². The summed E-state index contributed by atoms with van der Waals surface area (Å²) in [4.78, 5) is 0.954. The second-order valence-corrected chi connectivity index (χ2v) is 6.12. The van der Waals surface area contributed by atoms with Crippen LogP contribution in [0.4, 0.5) is 0 Å². The molecule has 0 saturated heterocycles. The molecule has 2 rings (SSSR count). The summed E-state index contributed by atoms with van der Waals surface area (Å²) >= 11 is 25.7. The van der Waals surface area contributed by atoms with Gasteiger partial charge in [0, 0.05) is 4.88 Å². The highest BCUT2D eigenvalue weighted by Gasteiger charge is 2.17. The van der Waals surface area contributed by atoms with Gasteiger partial charge in [-0.3, -0.25) is 0 Å². The number of alkyl halides is 1. The summed E-state index contributed by atoms with van der Waals surface area (Å²) in [5.74, 6) is 0. The minimum absolute atomic E-state index is 0.316. The Morgan fingerprint density at radius 1 is 1.00 bits per heavy atom. The number of thiophene rings is 1. The van der Waals surface area contributed by atoms with Gasteiger partial charge in [-0.05, 0) is 23.8 Å². The van der Waals surface area contributed by atoms with Crippen LogP contribution in [0.3, 0.4) is 0 Å². The van der Waals surface area contributed by atoms with E-state index in [0.29, 0.717) is 14.4 Å². The van der Waals surface area contributed by atoms with Gasteiger partial charge in [0.2, 0.25) is 0 Å². The maximum absolute atomic E-state index is 6.33.